The van der Waals surface area contributed by atoms with Crippen LogP contribution in [0.4, 0.5) is 0 Å². The molecule has 1 unspecified atom stereocenters. The average Bonchev–Trinajstić information content (AvgIpc) is 2.17. The maximum Gasteiger partial charge on any atom is 0.141 e. The van der Waals surface area contributed by atoms with E-state index in [0.29, 0.717) is 0 Å². The van der Waals surface area contributed by atoms with Gasteiger partial charge in [0, 0.05) is 10.0 Å². The Morgan fingerprint density at radius 2 is 2.21 bits per heavy atom. The van der Waals surface area contributed by atoms with E-state index in [2.05, 4.69) is 27.8 Å². The Labute approximate surface area is 92.0 Å². The van der Waals surface area contributed by atoms with E-state index in [0.717, 1.165) is 15.8 Å². The fraction of sp³-hybridized carbons (Fsp3) is 0.273. The number of halogens is 1. The first-order valence-electron chi connectivity index (χ1n) is 4.12. The topological polar surface area (TPSA) is 29.5 Å². The molecule has 0 aromatic heterocycles. The number of aliphatic hydroxyl groups excluding tert-OH is 1. The zero-order valence-electron chi connectivity index (χ0n) is 8.04. The fourth-order valence-electron chi connectivity index (χ4n) is 1.07. The third kappa shape index (κ3) is 2.50. The van der Waals surface area contributed by atoms with Crippen molar-refractivity contribution in [2.75, 3.05) is 7.11 Å². The average molecular weight is 255 g/mol. The van der Waals surface area contributed by atoms with E-state index in [1.54, 1.807) is 32.2 Å². The van der Waals surface area contributed by atoms with Gasteiger partial charge in [0.25, 0.3) is 0 Å². The van der Waals surface area contributed by atoms with Gasteiger partial charge in [-0.25, -0.2) is 0 Å². The molecule has 0 heterocycles. The lowest BCUT2D eigenvalue weighted by Crippen LogP contribution is -1.95. The van der Waals surface area contributed by atoms with Crippen LogP contribution in [0.1, 0.15) is 18.6 Å². The molecule has 3 heteroatoms. The van der Waals surface area contributed by atoms with Gasteiger partial charge in [-0.2, -0.15) is 0 Å². The predicted molar refractivity (Wildman–Crippen MR) is 59.1 cm³/mol. The fourth-order valence-corrected chi connectivity index (χ4v) is 1.65. The normalized spacial score (nSPS) is 11.4. The Morgan fingerprint density at radius 3 is 2.71 bits per heavy atom. The second kappa shape index (κ2) is 5.04. The van der Waals surface area contributed by atoms with Gasteiger partial charge < -0.3 is 9.84 Å². The van der Waals surface area contributed by atoms with Crippen LogP contribution in [-0.4, -0.2) is 12.2 Å². The zero-order chi connectivity index (χ0) is 10.6. The van der Waals surface area contributed by atoms with Crippen molar-refractivity contribution in [2.24, 2.45) is 0 Å². The van der Waals surface area contributed by atoms with Crippen molar-refractivity contribution in [1.29, 1.82) is 0 Å². The van der Waals surface area contributed by atoms with Crippen molar-refractivity contribution >= 4 is 15.9 Å². The van der Waals surface area contributed by atoms with Crippen LogP contribution >= 0.6 is 15.9 Å². The molecule has 0 aliphatic heterocycles. The minimum absolute atomic E-state index is 0.747. The number of hydrogen-bond acceptors (Lipinski definition) is 2. The Hall–Kier alpha value is -0.980. The highest BCUT2D eigenvalue weighted by molar-refractivity contribution is 9.10. The summed E-state index contributed by atoms with van der Waals surface area (Å²) in [6.45, 7) is 1.70. The molecule has 0 aliphatic rings. The first-order valence-corrected chi connectivity index (χ1v) is 4.92. The summed E-state index contributed by atoms with van der Waals surface area (Å²) in [5, 5.41) is 9.62. The van der Waals surface area contributed by atoms with E-state index in [4.69, 9.17) is 4.74 Å². The molecule has 0 aliphatic carbocycles. The first-order chi connectivity index (χ1) is 6.69. The molecule has 0 bridgehead atoms. The second-order valence-corrected chi connectivity index (χ2v) is 3.54. The number of rotatable bonds is 2. The van der Waals surface area contributed by atoms with Crippen LogP contribution < -0.4 is 4.74 Å². The van der Waals surface area contributed by atoms with Crippen molar-refractivity contribution in [3.63, 3.8) is 0 Å². The van der Waals surface area contributed by atoms with Gasteiger partial charge in [-0.05, 0) is 19.1 Å². The number of ether oxygens (including phenoxy) is 1. The number of benzene rings is 1. The molecule has 1 rings (SSSR count). The molecule has 74 valence electrons. The van der Waals surface area contributed by atoms with E-state index in [9.17, 15) is 5.11 Å². The summed E-state index contributed by atoms with van der Waals surface area (Å²) in [7, 11) is 1.60. The van der Waals surface area contributed by atoms with E-state index < -0.39 is 6.10 Å². The quantitative estimate of drug-likeness (QED) is 0.823. The van der Waals surface area contributed by atoms with Crippen molar-refractivity contribution in [3.8, 4) is 17.6 Å². The van der Waals surface area contributed by atoms with E-state index >= 15 is 0 Å². The van der Waals surface area contributed by atoms with Crippen LogP contribution in [0.5, 0.6) is 5.75 Å². The highest BCUT2D eigenvalue weighted by Crippen LogP contribution is 2.27. The third-order valence-corrected chi connectivity index (χ3v) is 2.47. The molecule has 14 heavy (non-hydrogen) atoms. The van der Waals surface area contributed by atoms with Gasteiger partial charge >= 0.3 is 0 Å². The number of aliphatic hydroxyl groups is 1. The van der Waals surface area contributed by atoms with Crippen molar-refractivity contribution < 1.29 is 9.84 Å². The molecule has 0 radical (unpaired) electrons. The van der Waals surface area contributed by atoms with Gasteiger partial charge in [0.1, 0.15) is 11.9 Å². The SMILES string of the molecule is CC#CC(O)c1ccc(OC)cc1Br. The number of hydrogen-bond donors (Lipinski definition) is 1. The standard InChI is InChI=1S/C11H11BrO2/c1-3-4-11(13)9-6-5-8(14-2)7-10(9)12/h5-7,11,13H,1-2H3. The molecule has 2 nitrogen and oxygen atoms in total. The molecule has 0 saturated heterocycles. The molecule has 1 atom stereocenters. The third-order valence-electron chi connectivity index (χ3n) is 1.78. The van der Waals surface area contributed by atoms with E-state index in [1.807, 2.05) is 0 Å². The minimum Gasteiger partial charge on any atom is -0.497 e. The van der Waals surface area contributed by atoms with Crippen molar-refractivity contribution in [3.05, 3.63) is 28.2 Å². The maximum absolute atomic E-state index is 9.62. The predicted octanol–water partition coefficient (Wildman–Crippen LogP) is 2.51. The Bertz CT molecular complexity index is 377. The summed E-state index contributed by atoms with van der Waals surface area (Å²) in [5.41, 5.74) is 0.750. The summed E-state index contributed by atoms with van der Waals surface area (Å²) in [6.07, 6.45) is -0.750. The second-order valence-electron chi connectivity index (χ2n) is 2.68. The minimum atomic E-state index is -0.750. The van der Waals surface area contributed by atoms with Crippen LogP contribution in [0.25, 0.3) is 0 Å². The van der Waals surface area contributed by atoms with Crippen molar-refractivity contribution in [1.82, 2.24) is 0 Å². The lowest BCUT2D eigenvalue weighted by atomic mass is 10.1. The van der Waals surface area contributed by atoms with Crippen molar-refractivity contribution in [2.45, 2.75) is 13.0 Å². The molecule has 0 saturated carbocycles. The molecular formula is C11H11BrO2. The van der Waals surface area contributed by atoms with Gasteiger partial charge in [0.15, 0.2) is 0 Å². The Morgan fingerprint density at radius 1 is 1.50 bits per heavy atom. The van der Waals surface area contributed by atoms with E-state index in [1.165, 1.54) is 0 Å². The Kier molecular flexibility index (Phi) is 3.99. The molecule has 0 fully saturated rings. The van der Waals surface area contributed by atoms with Gasteiger partial charge in [-0.3, -0.25) is 0 Å². The van der Waals surface area contributed by atoms with Gasteiger partial charge in [0.05, 0.1) is 7.11 Å². The highest BCUT2D eigenvalue weighted by Gasteiger charge is 2.08. The largest absolute Gasteiger partial charge is 0.497 e. The maximum atomic E-state index is 9.62. The smallest absolute Gasteiger partial charge is 0.141 e. The molecule has 0 amide bonds. The van der Waals surface area contributed by atoms with Gasteiger partial charge in [-0.15, -0.1) is 5.92 Å². The summed E-state index contributed by atoms with van der Waals surface area (Å²) < 4.78 is 5.84. The van der Waals surface area contributed by atoms with Crippen LogP contribution in [-0.2, 0) is 0 Å². The number of methoxy groups -OCH3 is 1. The van der Waals surface area contributed by atoms with Crippen LogP contribution in [0, 0.1) is 11.8 Å². The lowest BCUT2D eigenvalue weighted by molar-refractivity contribution is 0.237. The molecular weight excluding hydrogens is 244 g/mol. The summed E-state index contributed by atoms with van der Waals surface area (Å²) >= 11 is 3.35. The van der Waals surface area contributed by atoms with E-state index in [-0.39, 0.29) is 0 Å². The van der Waals surface area contributed by atoms with Gasteiger partial charge in [-0.1, -0.05) is 27.9 Å². The zero-order valence-corrected chi connectivity index (χ0v) is 9.63. The van der Waals surface area contributed by atoms with Crippen LogP contribution in [0.15, 0.2) is 22.7 Å². The molecule has 1 aromatic carbocycles. The monoisotopic (exact) mass is 254 g/mol. The lowest BCUT2D eigenvalue weighted by Gasteiger charge is -2.08. The van der Waals surface area contributed by atoms with Gasteiger partial charge in [0.2, 0.25) is 0 Å². The molecule has 0 spiro atoms. The molecule has 1 N–H and O–H groups in total. The summed E-state index contributed by atoms with van der Waals surface area (Å²) in [4.78, 5) is 0. The summed E-state index contributed by atoms with van der Waals surface area (Å²) in [6, 6.07) is 5.38. The van der Waals surface area contributed by atoms with Crippen LogP contribution in [0.3, 0.4) is 0 Å². The summed E-state index contributed by atoms with van der Waals surface area (Å²) in [5.74, 6) is 6.09. The highest BCUT2D eigenvalue weighted by atomic mass is 79.9. The van der Waals surface area contributed by atoms with Crippen LogP contribution in [0.2, 0.25) is 0 Å². The Balaban J connectivity index is 3.03. The first kappa shape index (κ1) is 11.1. The molecule has 1 aromatic rings.